The maximum absolute atomic E-state index is 13.2. The van der Waals surface area contributed by atoms with Crippen molar-refractivity contribution in [2.45, 2.75) is 19.9 Å². The van der Waals surface area contributed by atoms with Crippen LogP contribution in [0.3, 0.4) is 0 Å². The van der Waals surface area contributed by atoms with Crippen LogP contribution in [0.25, 0.3) is 17.0 Å². The van der Waals surface area contributed by atoms with Crippen molar-refractivity contribution in [3.8, 4) is 0 Å². The van der Waals surface area contributed by atoms with E-state index in [9.17, 15) is 14.4 Å². The first kappa shape index (κ1) is 20.5. The zero-order valence-electron chi connectivity index (χ0n) is 16.8. The van der Waals surface area contributed by atoms with Crippen LogP contribution in [0, 0.1) is 0 Å². The van der Waals surface area contributed by atoms with Gasteiger partial charge in [0.2, 0.25) is 0 Å². The second kappa shape index (κ2) is 7.81. The fraction of sp³-hybridized carbons (Fsp3) is 0.130. The average Bonchev–Trinajstić information content (AvgIpc) is 3.10. The van der Waals surface area contributed by atoms with E-state index < -0.39 is 17.8 Å². The molecule has 3 aromatic rings. The fourth-order valence-corrected chi connectivity index (χ4v) is 3.86. The number of carbonyl (C=O) groups excluding carboxylic acids is 2. The summed E-state index contributed by atoms with van der Waals surface area (Å²) in [6.07, 6.45) is 3.49. The summed E-state index contributed by atoms with van der Waals surface area (Å²) in [6, 6.07) is 13.7. The highest BCUT2D eigenvalue weighted by Gasteiger charge is 2.34. The van der Waals surface area contributed by atoms with E-state index in [4.69, 9.17) is 17.3 Å². The summed E-state index contributed by atoms with van der Waals surface area (Å²) in [5.74, 6) is -2.22. The van der Waals surface area contributed by atoms with Crippen molar-refractivity contribution >= 4 is 57.8 Å². The SMILES string of the molecule is CC(C)n1cc(/C=C2\C(=O)NC(=S)N(c3ccc(C(=O)O)cc3)C2=O)c2ccccc21. The van der Waals surface area contributed by atoms with Crippen LogP contribution in [0.1, 0.15) is 35.8 Å². The Hall–Kier alpha value is -3.78. The molecule has 156 valence electrons. The Morgan fingerprint density at radius 3 is 2.42 bits per heavy atom. The largest absolute Gasteiger partial charge is 0.478 e. The van der Waals surface area contributed by atoms with E-state index in [1.54, 1.807) is 6.08 Å². The molecule has 1 aromatic heterocycles. The van der Waals surface area contributed by atoms with Gasteiger partial charge >= 0.3 is 5.97 Å². The van der Waals surface area contributed by atoms with Gasteiger partial charge in [0.15, 0.2) is 5.11 Å². The van der Waals surface area contributed by atoms with Crippen LogP contribution in [-0.4, -0.2) is 32.6 Å². The van der Waals surface area contributed by atoms with E-state index in [2.05, 4.69) is 23.7 Å². The lowest BCUT2D eigenvalue weighted by Crippen LogP contribution is -2.54. The molecule has 0 radical (unpaired) electrons. The van der Waals surface area contributed by atoms with E-state index in [1.165, 1.54) is 29.2 Å². The monoisotopic (exact) mass is 433 g/mol. The van der Waals surface area contributed by atoms with Crippen molar-refractivity contribution in [2.24, 2.45) is 0 Å². The molecule has 2 aromatic carbocycles. The lowest BCUT2D eigenvalue weighted by Gasteiger charge is -2.28. The third-order valence-corrected chi connectivity index (χ3v) is 5.39. The molecule has 31 heavy (non-hydrogen) atoms. The molecule has 0 unspecified atom stereocenters. The van der Waals surface area contributed by atoms with Gasteiger partial charge in [0, 0.05) is 28.7 Å². The Balaban J connectivity index is 1.78. The number of aromatic nitrogens is 1. The molecule has 8 heteroatoms. The Morgan fingerprint density at radius 1 is 1.10 bits per heavy atom. The molecule has 2 N–H and O–H groups in total. The molecule has 1 aliphatic rings. The quantitative estimate of drug-likeness (QED) is 0.371. The summed E-state index contributed by atoms with van der Waals surface area (Å²) < 4.78 is 2.08. The lowest BCUT2D eigenvalue weighted by atomic mass is 10.1. The number of rotatable bonds is 4. The molecule has 0 aliphatic carbocycles. The number of aromatic carboxylic acids is 1. The zero-order valence-corrected chi connectivity index (χ0v) is 17.6. The molecular formula is C23H19N3O4S. The minimum absolute atomic E-state index is 0.0532. The van der Waals surface area contributed by atoms with Gasteiger partial charge in [-0.05, 0) is 62.5 Å². The van der Waals surface area contributed by atoms with Gasteiger partial charge in [-0.15, -0.1) is 0 Å². The second-order valence-corrected chi connectivity index (χ2v) is 7.80. The standard InChI is InChI=1S/C23H19N3O4S/c1-13(2)25-12-15(17-5-3-4-6-19(17)25)11-18-20(27)24-23(31)26(21(18)28)16-9-7-14(8-10-16)22(29)30/h3-13H,1-2H3,(H,29,30)(H,24,27,31)/b18-11+. The molecule has 4 rings (SSSR count). The highest BCUT2D eigenvalue weighted by atomic mass is 32.1. The van der Waals surface area contributed by atoms with Gasteiger partial charge < -0.3 is 9.67 Å². The van der Waals surface area contributed by atoms with E-state index in [0.29, 0.717) is 5.69 Å². The molecule has 2 amide bonds. The average molecular weight is 433 g/mol. The number of carbonyl (C=O) groups is 3. The van der Waals surface area contributed by atoms with Crippen LogP contribution in [-0.2, 0) is 9.59 Å². The van der Waals surface area contributed by atoms with E-state index in [0.717, 1.165) is 16.5 Å². The van der Waals surface area contributed by atoms with E-state index in [-0.39, 0.29) is 22.3 Å². The molecule has 0 saturated carbocycles. The minimum Gasteiger partial charge on any atom is -0.478 e. The number of nitrogens with zero attached hydrogens (tertiary/aromatic N) is 2. The summed E-state index contributed by atoms with van der Waals surface area (Å²) in [6.45, 7) is 4.12. The highest BCUT2D eigenvalue weighted by molar-refractivity contribution is 7.80. The maximum atomic E-state index is 13.2. The van der Waals surface area contributed by atoms with Crippen LogP contribution in [0.4, 0.5) is 5.69 Å². The van der Waals surface area contributed by atoms with Gasteiger partial charge in [-0.25, -0.2) is 4.79 Å². The molecule has 1 aliphatic heterocycles. The molecule has 0 atom stereocenters. The van der Waals surface area contributed by atoms with Crippen molar-refractivity contribution in [1.82, 2.24) is 9.88 Å². The first-order chi connectivity index (χ1) is 14.8. The van der Waals surface area contributed by atoms with Gasteiger partial charge in [-0.3, -0.25) is 19.8 Å². The fourth-order valence-electron chi connectivity index (χ4n) is 3.57. The van der Waals surface area contributed by atoms with Gasteiger partial charge in [0.05, 0.1) is 11.3 Å². The molecule has 1 saturated heterocycles. The highest BCUT2D eigenvalue weighted by Crippen LogP contribution is 2.28. The number of nitrogens with one attached hydrogen (secondary N) is 1. The topological polar surface area (TPSA) is 91.6 Å². The summed E-state index contributed by atoms with van der Waals surface area (Å²) in [4.78, 5) is 38.1. The lowest BCUT2D eigenvalue weighted by molar-refractivity contribution is -0.122. The van der Waals surface area contributed by atoms with Crippen molar-refractivity contribution in [1.29, 1.82) is 0 Å². The molecular weight excluding hydrogens is 414 g/mol. The molecule has 1 fully saturated rings. The van der Waals surface area contributed by atoms with Gasteiger partial charge in [-0.1, -0.05) is 18.2 Å². The molecule has 2 heterocycles. The van der Waals surface area contributed by atoms with Crippen LogP contribution in [0.2, 0.25) is 0 Å². The minimum atomic E-state index is -1.07. The number of anilines is 1. The van der Waals surface area contributed by atoms with Crippen molar-refractivity contribution in [3.05, 3.63) is 71.4 Å². The van der Waals surface area contributed by atoms with Crippen LogP contribution in [0.5, 0.6) is 0 Å². The van der Waals surface area contributed by atoms with E-state index >= 15 is 0 Å². The zero-order chi connectivity index (χ0) is 22.3. The summed E-state index contributed by atoms with van der Waals surface area (Å²) in [7, 11) is 0. The Bertz CT molecular complexity index is 1270. The first-order valence-electron chi connectivity index (χ1n) is 9.62. The molecule has 0 bridgehead atoms. The van der Waals surface area contributed by atoms with Crippen LogP contribution >= 0.6 is 12.2 Å². The van der Waals surface area contributed by atoms with Crippen molar-refractivity contribution in [2.75, 3.05) is 4.90 Å². The van der Waals surface area contributed by atoms with Crippen molar-refractivity contribution in [3.63, 3.8) is 0 Å². The summed E-state index contributed by atoms with van der Waals surface area (Å²) in [5.41, 5.74) is 2.15. The summed E-state index contributed by atoms with van der Waals surface area (Å²) >= 11 is 5.21. The Kier molecular flexibility index (Phi) is 5.16. The Morgan fingerprint density at radius 2 is 1.77 bits per heavy atom. The van der Waals surface area contributed by atoms with Gasteiger partial charge in [0.1, 0.15) is 5.57 Å². The number of benzene rings is 2. The number of carboxylic acid groups (broad SMARTS) is 1. The number of carboxylic acids is 1. The predicted molar refractivity (Wildman–Crippen MR) is 122 cm³/mol. The predicted octanol–water partition coefficient (Wildman–Crippen LogP) is 3.75. The van der Waals surface area contributed by atoms with E-state index in [1.807, 2.05) is 30.5 Å². The second-order valence-electron chi connectivity index (χ2n) is 7.41. The number of hydrogen-bond acceptors (Lipinski definition) is 4. The molecule has 0 spiro atoms. The maximum Gasteiger partial charge on any atom is 0.335 e. The number of amides is 2. The normalized spacial score (nSPS) is 15.8. The van der Waals surface area contributed by atoms with Crippen LogP contribution < -0.4 is 10.2 Å². The van der Waals surface area contributed by atoms with Gasteiger partial charge in [0.25, 0.3) is 11.8 Å². The molecule has 7 nitrogen and oxygen atoms in total. The number of fused-ring (bicyclic) bond motifs is 1. The first-order valence-corrected chi connectivity index (χ1v) is 10.0. The van der Waals surface area contributed by atoms with Crippen molar-refractivity contribution < 1.29 is 19.5 Å². The third-order valence-electron chi connectivity index (χ3n) is 5.10. The third kappa shape index (κ3) is 3.62. The van der Waals surface area contributed by atoms with Crippen LogP contribution in [0.15, 0.2) is 60.3 Å². The Labute approximate surface area is 183 Å². The number of thiocarbonyl (C=S) groups is 1. The smallest absolute Gasteiger partial charge is 0.335 e. The van der Waals surface area contributed by atoms with Gasteiger partial charge in [-0.2, -0.15) is 0 Å². The number of hydrogen-bond donors (Lipinski definition) is 2. The summed E-state index contributed by atoms with van der Waals surface area (Å²) in [5, 5.41) is 12.5. The number of para-hydroxylation sites is 1.